The number of esters is 1. The van der Waals surface area contributed by atoms with Gasteiger partial charge in [0.1, 0.15) is 17.4 Å². The highest BCUT2D eigenvalue weighted by Gasteiger charge is 2.44. The van der Waals surface area contributed by atoms with Crippen molar-refractivity contribution in [2.24, 2.45) is 0 Å². The van der Waals surface area contributed by atoms with Crippen molar-refractivity contribution >= 4 is 37.7 Å². The van der Waals surface area contributed by atoms with E-state index in [1.165, 1.54) is 18.7 Å². The zero-order valence-corrected chi connectivity index (χ0v) is 20.6. The van der Waals surface area contributed by atoms with E-state index in [-0.39, 0.29) is 35.5 Å². The zero-order valence-electron chi connectivity index (χ0n) is 18.8. The number of thioether (sulfide) groups is 1. The van der Waals surface area contributed by atoms with E-state index in [1.54, 1.807) is 20.8 Å². The Hall–Kier alpha value is -0.863. The summed E-state index contributed by atoms with van der Waals surface area (Å²) in [6.07, 6.45) is 0.710. The van der Waals surface area contributed by atoms with E-state index in [4.69, 9.17) is 9.16 Å². The number of hydrogen-bond acceptors (Lipinski definition) is 6. The monoisotopic (exact) mass is 447 g/mol. The molecule has 0 aromatic carbocycles. The van der Waals surface area contributed by atoms with Crippen molar-refractivity contribution in [2.75, 3.05) is 5.75 Å². The maximum absolute atomic E-state index is 12.5. The lowest BCUT2D eigenvalue weighted by Crippen LogP contribution is -2.47. The molecule has 1 aliphatic carbocycles. The minimum Gasteiger partial charge on any atom is -0.458 e. The van der Waals surface area contributed by atoms with Crippen LogP contribution in [0.2, 0.25) is 18.1 Å². The number of Topliss-reactive ketones (excluding diaryl/α,β-unsaturated/α-hetero) is 1. The number of ether oxygens (including phenoxy) is 1. The normalized spacial score (nSPS) is 21.3. The second kappa shape index (κ2) is 10.4. The maximum atomic E-state index is 12.5. The molecule has 3 atom stereocenters. The molecule has 1 aliphatic rings. The molecular formula is C21H41NO5SSi. The Labute approximate surface area is 182 Å². The number of carbonyl (C=O) groups is 3. The first-order valence-electron chi connectivity index (χ1n) is 9.83. The first-order chi connectivity index (χ1) is 12.5. The van der Waals surface area contributed by atoms with Crippen LogP contribution in [0.1, 0.15) is 68.7 Å². The summed E-state index contributed by atoms with van der Waals surface area (Å²) in [6.45, 7) is 17.6. The summed E-state index contributed by atoms with van der Waals surface area (Å²) in [5.41, 5.74) is -0.629. The molecule has 29 heavy (non-hydrogen) atoms. The van der Waals surface area contributed by atoms with Gasteiger partial charge in [-0.1, -0.05) is 28.2 Å². The van der Waals surface area contributed by atoms with E-state index < -0.39 is 25.9 Å². The van der Waals surface area contributed by atoms with Crippen molar-refractivity contribution in [3.63, 3.8) is 0 Å². The summed E-state index contributed by atoms with van der Waals surface area (Å²) in [4.78, 5) is 36.1. The fraction of sp³-hybridized carbons (Fsp3) is 0.857. The van der Waals surface area contributed by atoms with E-state index in [0.29, 0.717) is 18.6 Å². The Bertz CT molecular complexity index is 595. The second-order valence-corrected chi connectivity index (χ2v) is 16.1. The SMILES string of the molecule is C.CC(=O)N[C@@H](CS[C@H]1CC(=O)C[C@@H]1O[Si](C)(C)C(C)(C)C)C(=O)OC(C)(C)C. The van der Waals surface area contributed by atoms with Crippen LogP contribution in [-0.2, 0) is 23.5 Å². The van der Waals surface area contributed by atoms with Crippen LogP contribution in [0.5, 0.6) is 0 Å². The molecule has 0 aliphatic heterocycles. The van der Waals surface area contributed by atoms with Crippen LogP contribution in [0.4, 0.5) is 0 Å². The molecule has 0 aromatic heterocycles. The van der Waals surface area contributed by atoms with Crippen molar-refractivity contribution in [3.8, 4) is 0 Å². The summed E-state index contributed by atoms with van der Waals surface area (Å²) >= 11 is 1.51. The van der Waals surface area contributed by atoms with Crippen LogP contribution in [0.25, 0.3) is 0 Å². The van der Waals surface area contributed by atoms with Crippen LogP contribution in [0.15, 0.2) is 0 Å². The van der Waals surface area contributed by atoms with Gasteiger partial charge >= 0.3 is 5.97 Å². The molecule has 1 saturated carbocycles. The van der Waals surface area contributed by atoms with E-state index >= 15 is 0 Å². The van der Waals surface area contributed by atoms with Crippen LogP contribution < -0.4 is 5.32 Å². The zero-order chi connectivity index (χ0) is 21.9. The smallest absolute Gasteiger partial charge is 0.330 e. The number of amides is 1. The molecule has 0 saturated heterocycles. The highest BCUT2D eigenvalue weighted by molar-refractivity contribution is 8.00. The average Bonchev–Trinajstić information content (AvgIpc) is 2.79. The van der Waals surface area contributed by atoms with Gasteiger partial charge in [-0.3, -0.25) is 9.59 Å². The minimum absolute atomic E-state index is 0. The molecule has 0 spiro atoms. The van der Waals surface area contributed by atoms with Gasteiger partial charge in [0.15, 0.2) is 8.32 Å². The Balaban J connectivity index is 0.00000784. The molecule has 1 N–H and O–H groups in total. The number of carbonyl (C=O) groups excluding carboxylic acids is 3. The molecule has 0 radical (unpaired) electrons. The van der Waals surface area contributed by atoms with Gasteiger partial charge in [-0.15, -0.1) is 0 Å². The summed E-state index contributed by atoms with van der Waals surface area (Å²) in [6, 6.07) is -0.744. The standard InChI is InChI=1S/C20H37NO5SSi.CH4/c1-13(22)21-15(18(24)25-19(2,3)4)12-27-17-11-14(23)10-16(17)26-28(8,9)20(5,6)7;/h15-17H,10-12H2,1-9H3,(H,21,22);1H4/t15-,16-,17-;/m0./s1. The lowest BCUT2D eigenvalue weighted by Gasteiger charge is -2.39. The van der Waals surface area contributed by atoms with E-state index in [0.717, 1.165) is 0 Å². The average molecular weight is 448 g/mol. The number of rotatable bonds is 7. The van der Waals surface area contributed by atoms with Crippen molar-refractivity contribution in [3.05, 3.63) is 0 Å². The van der Waals surface area contributed by atoms with Gasteiger partial charge < -0.3 is 14.5 Å². The fourth-order valence-electron chi connectivity index (χ4n) is 2.64. The first kappa shape index (κ1) is 28.1. The molecule has 8 heteroatoms. The van der Waals surface area contributed by atoms with Crippen LogP contribution in [0, 0.1) is 0 Å². The van der Waals surface area contributed by atoms with Crippen LogP contribution >= 0.6 is 11.8 Å². The molecule has 6 nitrogen and oxygen atoms in total. The lowest BCUT2D eigenvalue weighted by molar-refractivity contribution is -0.157. The first-order valence-corrected chi connectivity index (χ1v) is 13.8. The minimum atomic E-state index is -2.00. The van der Waals surface area contributed by atoms with E-state index in [2.05, 4.69) is 39.2 Å². The summed E-state index contributed by atoms with van der Waals surface area (Å²) < 4.78 is 11.9. The molecule has 1 rings (SSSR count). The molecule has 1 fully saturated rings. The van der Waals surface area contributed by atoms with Crippen molar-refractivity contribution in [2.45, 2.75) is 110 Å². The molecule has 0 heterocycles. The van der Waals surface area contributed by atoms with E-state index in [9.17, 15) is 14.4 Å². The van der Waals surface area contributed by atoms with Gasteiger partial charge in [0.2, 0.25) is 5.91 Å². The predicted octanol–water partition coefficient (Wildman–Crippen LogP) is 4.32. The van der Waals surface area contributed by atoms with Gasteiger partial charge in [-0.25, -0.2) is 4.79 Å². The Morgan fingerprint density at radius 1 is 1.17 bits per heavy atom. The summed E-state index contributed by atoms with van der Waals surface area (Å²) in [5.74, 6) is -0.201. The van der Waals surface area contributed by atoms with Gasteiger partial charge in [-0.05, 0) is 38.9 Å². The summed E-state index contributed by atoms with van der Waals surface area (Å²) in [7, 11) is -2.00. The molecular weight excluding hydrogens is 406 g/mol. The molecule has 170 valence electrons. The topological polar surface area (TPSA) is 81.7 Å². The van der Waals surface area contributed by atoms with Gasteiger partial charge in [0, 0.05) is 30.8 Å². The molecule has 0 unspecified atom stereocenters. The van der Waals surface area contributed by atoms with Crippen molar-refractivity contribution in [1.29, 1.82) is 0 Å². The Morgan fingerprint density at radius 3 is 2.17 bits per heavy atom. The van der Waals surface area contributed by atoms with Crippen LogP contribution in [-0.4, -0.2) is 54.7 Å². The van der Waals surface area contributed by atoms with Crippen molar-refractivity contribution in [1.82, 2.24) is 5.32 Å². The number of nitrogens with one attached hydrogen (secondary N) is 1. The van der Waals surface area contributed by atoms with Crippen molar-refractivity contribution < 1.29 is 23.5 Å². The summed E-state index contributed by atoms with van der Waals surface area (Å²) in [5, 5.41) is 2.72. The highest BCUT2D eigenvalue weighted by atomic mass is 32.2. The van der Waals surface area contributed by atoms with Crippen LogP contribution in [0.3, 0.4) is 0 Å². The van der Waals surface area contributed by atoms with Gasteiger partial charge in [0.25, 0.3) is 0 Å². The molecule has 0 aromatic rings. The lowest BCUT2D eigenvalue weighted by atomic mass is 10.2. The Morgan fingerprint density at radius 2 is 1.72 bits per heavy atom. The van der Waals surface area contributed by atoms with Gasteiger partial charge in [0.05, 0.1) is 6.10 Å². The largest absolute Gasteiger partial charge is 0.458 e. The molecule has 0 bridgehead atoms. The molecule has 1 amide bonds. The fourth-order valence-corrected chi connectivity index (χ4v) is 5.43. The van der Waals surface area contributed by atoms with Gasteiger partial charge in [-0.2, -0.15) is 11.8 Å². The quantitative estimate of drug-likeness (QED) is 0.462. The third kappa shape index (κ3) is 9.21. The third-order valence-corrected chi connectivity index (χ3v) is 11.0. The number of hydrogen-bond donors (Lipinski definition) is 1. The Kier molecular flexibility index (Phi) is 10.1. The predicted molar refractivity (Wildman–Crippen MR) is 123 cm³/mol. The highest BCUT2D eigenvalue weighted by Crippen LogP contribution is 2.41. The third-order valence-electron chi connectivity index (χ3n) is 5.07. The number of ketones is 1. The van der Waals surface area contributed by atoms with E-state index in [1.807, 2.05) is 0 Å². The maximum Gasteiger partial charge on any atom is 0.330 e. The second-order valence-electron chi connectivity index (χ2n) is 10.0.